The topological polar surface area (TPSA) is 65.8 Å². The molecule has 1 amide bonds. The lowest BCUT2D eigenvalue weighted by Crippen LogP contribution is -2.15. The van der Waals surface area contributed by atoms with Crippen molar-refractivity contribution in [2.45, 2.75) is 19.3 Å². The summed E-state index contributed by atoms with van der Waals surface area (Å²) in [5.74, 6) is -1.75. The Bertz CT molecular complexity index is 723. The normalized spacial score (nSPS) is 11.5. The minimum Gasteiger partial charge on any atom is -0.311 e. The molecular formula is C16H13F2N3O. The molecule has 0 spiro atoms. The van der Waals surface area contributed by atoms with Crippen molar-refractivity contribution in [2.75, 3.05) is 5.32 Å². The summed E-state index contributed by atoms with van der Waals surface area (Å²) in [7, 11) is 0. The highest BCUT2D eigenvalue weighted by molar-refractivity contribution is 5.90. The zero-order valence-electron chi connectivity index (χ0n) is 11.8. The van der Waals surface area contributed by atoms with Crippen LogP contribution in [0.1, 0.15) is 30.4 Å². The number of halogens is 2. The molecule has 2 rings (SSSR count). The molecule has 0 aliphatic rings. The summed E-state index contributed by atoms with van der Waals surface area (Å²) in [4.78, 5) is 15.8. The average molecular weight is 301 g/mol. The third kappa shape index (κ3) is 3.85. The maximum atomic E-state index is 13.6. The van der Waals surface area contributed by atoms with E-state index in [0.29, 0.717) is 11.4 Å². The van der Waals surface area contributed by atoms with Crippen LogP contribution in [0.5, 0.6) is 0 Å². The fourth-order valence-electron chi connectivity index (χ4n) is 2.02. The number of amides is 1. The standard InChI is InChI=1S/C16H13F2N3O/c1-10(13-4-3-12(17)7-14(13)18)6-16(22)21-15-5-2-11(8-19)9-20-15/h2-5,7,9-10H,6H2,1H3,(H,20,21,22)/t10-/m0/s1. The summed E-state index contributed by atoms with van der Waals surface area (Å²) >= 11 is 0. The first-order valence-electron chi connectivity index (χ1n) is 6.60. The smallest absolute Gasteiger partial charge is 0.226 e. The van der Waals surface area contributed by atoms with Crippen molar-refractivity contribution in [3.8, 4) is 6.07 Å². The molecule has 1 aromatic heterocycles. The maximum absolute atomic E-state index is 13.6. The van der Waals surface area contributed by atoms with E-state index in [1.165, 1.54) is 24.4 Å². The molecule has 0 aliphatic carbocycles. The van der Waals surface area contributed by atoms with Crippen LogP contribution in [-0.4, -0.2) is 10.9 Å². The van der Waals surface area contributed by atoms with Gasteiger partial charge in [0.2, 0.25) is 5.91 Å². The Kier molecular flexibility index (Phi) is 4.79. The van der Waals surface area contributed by atoms with Gasteiger partial charge in [-0.3, -0.25) is 4.79 Å². The first-order chi connectivity index (χ1) is 10.5. The molecule has 1 aromatic carbocycles. The first-order valence-corrected chi connectivity index (χ1v) is 6.60. The van der Waals surface area contributed by atoms with Crippen LogP contribution in [0.4, 0.5) is 14.6 Å². The number of nitriles is 1. The fourth-order valence-corrected chi connectivity index (χ4v) is 2.02. The quantitative estimate of drug-likeness (QED) is 0.941. The van der Waals surface area contributed by atoms with Crippen molar-refractivity contribution in [1.82, 2.24) is 4.98 Å². The zero-order valence-corrected chi connectivity index (χ0v) is 11.8. The summed E-state index contributed by atoms with van der Waals surface area (Å²) in [6.45, 7) is 1.68. The number of hydrogen-bond donors (Lipinski definition) is 1. The van der Waals surface area contributed by atoms with Gasteiger partial charge in [0, 0.05) is 18.7 Å². The van der Waals surface area contributed by atoms with Crippen LogP contribution in [0.15, 0.2) is 36.5 Å². The van der Waals surface area contributed by atoms with Gasteiger partial charge >= 0.3 is 0 Å². The number of anilines is 1. The largest absolute Gasteiger partial charge is 0.311 e. The number of hydrogen-bond acceptors (Lipinski definition) is 3. The number of pyridine rings is 1. The molecule has 112 valence electrons. The van der Waals surface area contributed by atoms with E-state index >= 15 is 0 Å². The Morgan fingerprint density at radius 1 is 1.36 bits per heavy atom. The molecular weight excluding hydrogens is 288 g/mol. The number of nitrogens with zero attached hydrogens (tertiary/aromatic N) is 2. The molecule has 0 fully saturated rings. The molecule has 6 heteroatoms. The Balaban J connectivity index is 2.00. The van der Waals surface area contributed by atoms with Crippen molar-refractivity contribution in [3.05, 3.63) is 59.3 Å². The van der Waals surface area contributed by atoms with Crippen LogP contribution in [-0.2, 0) is 4.79 Å². The summed E-state index contributed by atoms with van der Waals surface area (Å²) < 4.78 is 26.5. The van der Waals surface area contributed by atoms with Gasteiger partial charge in [-0.1, -0.05) is 13.0 Å². The predicted octanol–water partition coefficient (Wildman–Crippen LogP) is 3.36. The third-order valence-corrected chi connectivity index (χ3v) is 3.15. The molecule has 22 heavy (non-hydrogen) atoms. The van der Waals surface area contributed by atoms with Gasteiger partial charge in [-0.2, -0.15) is 5.26 Å². The minimum atomic E-state index is -0.670. The highest BCUT2D eigenvalue weighted by Gasteiger charge is 2.16. The van der Waals surface area contributed by atoms with Crippen molar-refractivity contribution in [3.63, 3.8) is 0 Å². The number of aromatic nitrogens is 1. The number of benzene rings is 1. The van der Waals surface area contributed by atoms with E-state index in [2.05, 4.69) is 10.3 Å². The van der Waals surface area contributed by atoms with E-state index < -0.39 is 17.6 Å². The Morgan fingerprint density at radius 3 is 2.73 bits per heavy atom. The van der Waals surface area contributed by atoms with Gasteiger partial charge in [0.05, 0.1) is 5.56 Å². The van der Waals surface area contributed by atoms with Crippen LogP contribution in [0, 0.1) is 23.0 Å². The van der Waals surface area contributed by atoms with E-state index in [-0.39, 0.29) is 17.9 Å². The average Bonchev–Trinajstić information content (AvgIpc) is 2.47. The van der Waals surface area contributed by atoms with Gasteiger partial charge in [0.15, 0.2) is 0 Å². The fraction of sp³-hybridized carbons (Fsp3) is 0.188. The van der Waals surface area contributed by atoms with Crippen LogP contribution in [0.25, 0.3) is 0 Å². The lowest BCUT2D eigenvalue weighted by Gasteiger charge is -2.12. The second-order valence-corrected chi connectivity index (χ2v) is 4.86. The molecule has 1 N–H and O–H groups in total. The van der Waals surface area contributed by atoms with Crippen molar-refractivity contribution < 1.29 is 13.6 Å². The summed E-state index contributed by atoms with van der Waals surface area (Å²) in [5.41, 5.74) is 0.670. The van der Waals surface area contributed by atoms with Gasteiger partial charge < -0.3 is 5.32 Å². The van der Waals surface area contributed by atoms with Gasteiger partial charge in [-0.15, -0.1) is 0 Å². The van der Waals surface area contributed by atoms with Gasteiger partial charge in [0.25, 0.3) is 0 Å². The van der Waals surface area contributed by atoms with Gasteiger partial charge in [-0.05, 0) is 29.7 Å². The first kappa shape index (κ1) is 15.6. The van der Waals surface area contributed by atoms with E-state index in [0.717, 1.165) is 12.1 Å². The van der Waals surface area contributed by atoms with Crippen LogP contribution in [0.2, 0.25) is 0 Å². The number of carbonyl (C=O) groups is 1. The van der Waals surface area contributed by atoms with Crippen LogP contribution < -0.4 is 5.32 Å². The molecule has 0 bridgehead atoms. The summed E-state index contributed by atoms with van der Waals surface area (Å²) in [6.07, 6.45) is 1.38. The molecule has 2 aromatic rings. The SMILES string of the molecule is C[C@@H](CC(=O)Nc1ccc(C#N)cn1)c1ccc(F)cc1F. The molecule has 0 saturated heterocycles. The number of rotatable bonds is 4. The second kappa shape index (κ2) is 6.76. The highest BCUT2D eigenvalue weighted by Crippen LogP contribution is 2.23. The second-order valence-electron chi connectivity index (χ2n) is 4.86. The minimum absolute atomic E-state index is 0.0320. The molecule has 0 aliphatic heterocycles. The van der Waals surface area contributed by atoms with Gasteiger partial charge in [-0.25, -0.2) is 13.8 Å². The van der Waals surface area contributed by atoms with Gasteiger partial charge in [0.1, 0.15) is 23.5 Å². The Labute approximate surface area is 126 Å². The highest BCUT2D eigenvalue weighted by atomic mass is 19.1. The van der Waals surface area contributed by atoms with Crippen molar-refractivity contribution >= 4 is 11.7 Å². The molecule has 0 radical (unpaired) electrons. The molecule has 1 heterocycles. The Morgan fingerprint density at radius 2 is 2.14 bits per heavy atom. The summed E-state index contributed by atoms with van der Waals surface area (Å²) in [5, 5.41) is 11.2. The van der Waals surface area contributed by atoms with Crippen molar-refractivity contribution in [1.29, 1.82) is 5.26 Å². The zero-order chi connectivity index (χ0) is 16.1. The molecule has 4 nitrogen and oxygen atoms in total. The maximum Gasteiger partial charge on any atom is 0.226 e. The lowest BCUT2D eigenvalue weighted by molar-refractivity contribution is -0.116. The van der Waals surface area contributed by atoms with E-state index in [9.17, 15) is 13.6 Å². The number of carbonyl (C=O) groups excluding carboxylic acids is 1. The van der Waals surface area contributed by atoms with E-state index in [1.54, 1.807) is 6.92 Å². The predicted molar refractivity (Wildman–Crippen MR) is 77.0 cm³/mol. The monoisotopic (exact) mass is 301 g/mol. The summed E-state index contributed by atoms with van der Waals surface area (Å²) in [6, 6.07) is 8.27. The van der Waals surface area contributed by atoms with Crippen LogP contribution in [0.3, 0.4) is 0 Å². The van der Waals surface area contributed by atoms with E-state index in [1.807, 2.05) is 6.07 Å². The van der Waals surface area contributed by atoms with Crippen LogP contribution >= 0.6 is 0 Å². The van der Waals surface area contributed by atoms with E-state index in [4.69, 9.17) is 5.26 Å². The molecule has 1 atom stereocenters. The number of nitrogens with one attached hydrogen (secondary N) is 1. The molecule has 0 saturated carbocycles. The third-order valence-electron chi connectivity index (χ3n) is 3.15. The van der Waals surface area contributed by atoms with Crippen molar-refractivity contribution in [2.24, 2.45) is 0 Å². The molecule has 0 unspecified atom stereocenters. The Hall–Kier alpha value is -2.81. The lowest BCUT2D eigenvalue weighted by atomic mass is 9.97.